The molecular formula is C10H9N3O5. The highest BCUT2D eigenvalue weighted by molar-refractivity contribution is 6.07. The molecule has 0 fully saturated rings. The first-order valence-corrected chi connectivity index (χ1v) is 4.89. The number of carboxylic acid groups (broad SMARTS) is 1. The van der Waals surface area contributed by atoms with Crippen molar-refractivity contribution in [1.29, 1.82) is 0 Å². The highest BCUT2D eigenvalue weighted by Crippen LogP contribution is 2.16. The number of benzene rings is 1. The average molecular weight is 251 g/mol. The van der Waals surface area contributed by atoms with E-state index in [0.717, 1.165) is 0 Å². The van der Waals surface area contributed by atoms with Crippen molar-refractivity contribution in [2.45, 2.75) is 6.04 Å². The number of aliphatic carboxylic acids is 1. The van der Waals surface area contributed by atoms with Gasteiger partial charge in [-0.3, -0.25) is 9.78 Å². The van der Waals surface area contributed by atoms with E-state index in [1.165, 1.54) is 18.2 Å². The van der Waals surface area contributed by atoms with Crippen molar-refractivity contribution in [3.8, 4) is 0 Å². The van der Waals surface area contributed by atoms with Crippen LogP contribution in [0.4, 0.5) is 5.69 Å². The van der Waals surface area contributed by atoms with Crippen molar-refractivity contribution in [3.63, 3.8) is 0 Å². The van der Waals surface area contributed by atoms with Crippen molar-refractivity contribution in [3.05, 3.63) is 28.7 Å². The van der Waals surface area contributed by atoms with E-state index in [4.69, 9.17) is 15.3 Å². The number of H-pyrrole nitrogens is 1. The molecule has 0 aliphatic carbocycles. The summed E-state index contributed by atoms with van der Waals surface area (Å²) in [5.41, 5.74) is 6.17. The number of anilines is 1. The maximum Gasteiger partial charge on any atom is 0.417 e. The Morgan fingerprint density at radius 1 is 1.44 bits per heavy atom. The van der Waals surface area contributed by atoms with E-state index in [1.54, 1.807) is 0 Å². The molecule has 5 N–H and O–H groups in total. The summed E-state index contributed by atoms with van der Waals surface area (Å²) in [6.45, 7) is 0. The second-order valence-electron chi connectivity index (χ2n) is 3.53. The van der Waals surface area contributed by atoms with E-state index >= 15 is 0 Å². The summed E-state index contributed by atoms with van der Waals surface area (Å²) in [4.78, 5) is 35.2. The van der Waals surface area contributed by atoms with Crippen LogP contribution in [0.5, 0.6) is 0 Å². The molecule has 0 saturated carbocycles. The number of carbonyl (C=O) groups is 2. The van der Waals surface area contributed by atoms with Gasteiger partial charge in [0.05, 0.1) is 5.52 Å². The first kappa shape index (κ1) is 11.9. The maximum absolute atomic E-state index is 11.4. The SMILES string of the molecule is NC(C(=O)O)C(=O)Nc1ccc2oc(=O)[nH]c2c1. The summed E-state index contributed by atoms with van der Waals surface area (Å²) in [5, 5.41) is 10.9. The lowest BCUT2D eigenvalue weighted by atomic mass is 10.2. The smallest absolute Gasteiger partial charge is 0.417 e. The third-order valence-corrected chi connectivity index (χ3v) is 2.24. The van der Waals surface area contributed by atoms with Crippen molar-refractivity contribution in [2.24, 2.45) is 5.73 Å². The molecule has 8 heteroatoms. The number of aromatic nitrogens is 1. The zero-order chi connectivity index (χ0) is 13.3. The van der Waals surface area contributed by atoms with Gasteiger partial charge in [0.25, 0.3) is 5.91 Å². The molecule has 0 saturated heterocycles. The van der Waals surface area contributed by atoms with Crippen molar-refractivity contribution in [1.82, 2.24) is 4.98 Å². The van der Waals surface area contributed by atoms with Crippen molar-refractivity contribution < 1.29 is 19.1 Å². The van der Waals surface area contributed by atoms with Crippen LogP contribution in [0.1, 0.15) is 0 Å². The van der Waals surface area contributed by atoms with Gasteiger partial charge in [-0.2, -0.15) is 0 Å². The third kappa shape index (κ3) is 2.23. The van der Waals surface area contributed by atoms with Gasteiger partial charge in [0.1, 0.15) is 0 Å². The second kappa shape index (κ2) is 4.34. The Bertz CT molecular complexity index is 671. The molecule has 1 unspecified atom stereocenters. The van der Waals surface area contributed by atoms with Crippen LogP contribution in [0, 0.1) is 0 Å². The number of nitrogens with one attached hydrogen (secondary N) is 2. The summed E-state index contributed by atoms with van der Waals surface area (Å²) >= 11 is 0. The molecule has 1 amide bonds. The second-order valence-corrected chi connectivity index (χ2v) is 3.53. The standard InChI is InChI=1S/C10H9N3O5/c11-7(9(15)16)8(14)12-4-1-2-6-5(3-4)13-10(17)18-6/h1-3,7H,11H2,(H,12,14)(H,13,17)(H,15,16). The van der Waals surface area contributed by atoms with E-state index < -0.39 is 23.7 Å². The minimum absolute atomic E-state index is 0.307. The summed E-state index contributed by atoms with van der Waals surface area (Å²) < 4.78 is 4.77. The van der Waals surface area contributed by atoms with Gasteiger partial charge >= 0.3 is 11.7 Å². The van der Waals surface area contributed by atoms with E-state index in [9.17, 15) is 14.4 Å². The molecule has 1 aromatic carbocycles. The van der Waals surface area contributed by atoms with E-state index in [2.05, 4.69) is 10.3 Å². The summed E-state index contributed by atoms with van der Waals surface area (Å²) in [6.07, 6.45) is 0. The third-order valence-electron chi connectivity index (χ3n) is 2.24. The van der Waals surface area contributed by atoms with Crippen LogP contribution in [0.15, 0.2) is 27.4 Å². The molecule has 2 aromatic rings. The summed E-state index contributed by atoms with van der Waals surface area (Å²) in [6, 6.07) is 2.72. The van der Waals surface area contributed by atoms with E-state index in [1.807, 2.05) is 0 Å². The molecule has 8 nitrogen and oxygen atoms in total. The lowest BCUT2D eigenvalue weighted by Gasteiger charge is -2.07. The van der Waals surface area contributed by atoms with Crippen LogP contribution < -0.4 is 16.8 Å². The van der Waals surface area contributed by atoms with Gasteiger partial charge < -0.3 is 20.6 Å². The molecule has 0 spiro atoms. The first-order valence-electron chi connectivity index (χ1n) is 4.89. The highest BCUT2D eigenvalue weighted by Gasteiger charge is 2.21. The van der Waals surface area contributed by atoms with Crippen LogP contribution in [0.25, 0.3) is 11.1 Å². The average Bonchev–Trinajstić information content (AvgIpc) is 2.67. The zero-order valence-corrected chi connectivity index (χ0v) is 8.97. The number of carboxylic acids is 1. The first-order chi connectivity index (χ1) is 8.47. The molecule has 1 atom stereocenters. The number of amides is 1. The van der Waals surface area contributed by atoms with E-state index in [0.29, 0.717) is 16.8 Å². The number of hydrogen-bond donors (Lipinski definition) is 4. The number of carbonyl (C=O) groups excluding carboxylic acids is 1. The van der Waals surface area contributed by atoms with Gasteiger partial charge in [-0.05, 0) is 18.2 Å². The number of rotatable bonds is 3. The summed E-state index contributed by atoms with van der Waals surface area (Å²) in [5.74, 6) is -2.89. The van der Waals surface area contributed by atoms with Crippen LogP contribution in [-0.2, 0) is 9.59 Å². The Labute approximate surface area is 99.4 Å². The fourth-order valence-electron chi connectivity index (χ4n) is 1.36. The van der Waals surface area contributed by atoms with Crippen molar-refractivity contribution >= 4 is 28.7 Å². The monoisotopic (exact) mass is 251 g/mol. The fraction of sp³-hybridized carbons (Fsp3) is 0.100. The lowest BCUT2D eigenvalue weighted by Crippen LogP contribution is -2.42. The largest absolute Gasteiger partial charge is 0.480 e. The van der Waals surface area contributed by atoms with Gasteiger partial charge in [0, 0.05) is 5.69 Å². The van der Waals surface area contributed by atoms with Crippen LogP contribution >= 0.6 is 0 Å². The summed E-state index contributed by atoms with van der Waals surface area (Å²) in [7, 11) is 0. The molecule has 1 heterocycles. The molecule has 2 rings (SSSR count). The molecule has 0 aliphatic heterocycles. The van der Waals surface area contributed by atoms with Gasteiger partial charge in [0.15, 0.2) is 11.6 Å². The Morgan fingerprint density at radius 3 is 2.83 bits per heavy atom. The molecule has 18 heavy (non-hydrogen) atoms. The van der Waals surface area contributed by atoms with Crippen molar-refractivity contribution in [2.75, 3.05) is 5.32 Å². The Kier molecular flexibility index (Phi) is 2.86. The predicted octanol–water partition coefficient (Wildman–Crippen LogP) is -0.528. The van der Waals surface area contributed by atoms with Gasteiger partial charge in [-0.15, -0.1) is 0 Å². The molecule has 0 bridgehead atoms. The van der Waals surface area contributed by atoms with Gasteiger partial charge in [0.2, 0.25) is 0 Å². The molecule has 0 aliphatic rings. The van der Waals surface area contributed by atoms with Crippen LogP contribution in [0.2, 0.25) is 0 Å². The number of fused-ring (bicyclic) bond motifs is 1. The Hall–Kier alpha value is -2.61. The lowest BCUT2D eigenvalue weighted by molar-refractivity contribution is -0.141. The predicted molar refractivity (Wildman–Crippen MR) is 61.1 cm³/mol. The van der Waals surface area contributed by atoms with Crippen LogP contribution in [0.3, 0.4) is 0 Å². The maximum atomic E-state index is 11.4. The molecular weight excluding hydrogens is 242 g/mol. The topological polar surface area (TPSA) is 138 Å². The minimum atomic E-state index is -1.65. The van der Waals surface area contributed by atoms with Gasteiger partial charge in [-0.1, -0.05) is 0 Å². The normalized spacial score (nSPS) is 12.3. The minimum Gasteiger partial charge on any atom is -0.480 e. The van der Waals surface area contributed by atoms with E-state index in [-0.39, 0.29) is 0 Å². The highest BCUT2D eigenvalue weighted by atomic mass is 16.4. The van der Waals surface area contributed by atoms with Gasteiger partial charge in [-0.25, -0.2) is 9.59 Å². The molecule has 1 aromatic heterocycles. The number of hydrogen-bond acceptors (Lipinski definition) is 5. The molecule has 0 radical (unpaired) electrons. The van der Waals surface area contributed by atoms with Crippen LogP contribution in [-0.4, -0.2) is 28.0 Å². The zero-order valence-electron chi connectivity index (χ0n) is 8.97. The number of aromatic amines is 1. The molecule has 94 valence electrons. The Morgan fingerprint density at radius 2 is 2.17 bits per heavy atom. The Balaban J connectivity index is 2.24. The fourth-order valence-corrected chi connectivity index (χ4v) is 1.36. The quantitative estimate of drug-likeness (QED) is 0.541. The number of nitrogens with two attached hydrogens (primary N) is 1. The number of oxazole rings is 1.